The van der Waals surface area contributed by atoms with E-state index in [0.29, 0.717) is 51.3 Å². The van der Waals surface area contributed by atoms with E-state index < -0.39 is 12.1 Å². The van der Waals surface area contributed by atoms with Gasteiger partial charge in [-0.1, -0.05) is 41.4 Å². The molecule has 3 aromatic carbocycles. The monoisotopic (exact) mass is 667 g/mol. The van der Waals surface area contributed by atoms with Gasteiger partial charge in [-0.3, -0.25) is 9.59 Å². The number of fused-ring (bicyclic) bond motifs is 1. The Kier molecular flexibility index (Phi) is 9.54. The summed E-state index contributed by atoms with van der Waals surface area (Å²) in [6.07, 6.45) is 0. The lowest BCUT2D eigenvalue weighted by Gasteiger charge is -2.36. The fourth-order valence-electron chi connectivity index (χ4n) is 4.61. The van der Waals surface area contributed by atoms with Crippen molar-refractivity contribution in [2.24, 2.45) is 0 Å². The van der Waals surface area contributed by atoms with Crippen LogP contribution in [-0.4, -0.2) is 50.2 Å². The summed E-state index contributed by atoms with van der Waals surface area (Å²) < 4.78 is 11.6. The lowest BCUT2D eigenvalue weighted by molar-refractivity contribution is -0.124. The van der Waals surface area contributed by atoms with Crippen LogP contribution in [0.4, 0.5) is 11.4 Å². The van der Waals surface area contributed by atoms with Crippen LogP contribution in [0.1, 0.15) is 40.5 Å². The fourth-order valence-corrected chi connectivity index (χ4v) is 5.41. The molecule has 0 unspecified atom stereocenters. The normalized spacial score (nSPS) is 16.4. The number of carbonyl (C=O) groups is 2. The predicted molar refractivity (Wildman–Crippen MR) is 159 cm³/mol. The summed E-state index contributed by atoms with van der Waals surface area (Å²) >= 11 is 14.5. The van der Waals surface area contributed by atoms with Crippen LogP contribution in [0.25, 0.3) is 0 Å². The van der Waals surface area contributed by atoms with Crippen LogP contribution >= 0.6 is 45.8 Å². The van der Waals surface area contributed by atoms with E-state index in [1.807, 2.05) is 19.1 Å². The van der Waals surface area contributed by atoms with E-state index in [2.05, 4.69) is 22.6 Å². The highest BCUT2D eigenvalue weighted by molar-refractivity contribution is 14.1. The number of hydrogen-bond acceptors (Lipinski definition) is 5. The minimum absolute atomic E-state index is 0.254. The van der Waals surface area contributed by atoms with Gasteiger partial charge in [0.25, 0.3) is 11.8 Å². The topological polar surface area (TPSA) is 85.1 Å². The number of benzene rings is 3. The maximum atomic E-state index is 14.4. The fraction of sp³-hybridized carbons (Fsp3) is 0.286. The van der Waals surface area contributed by atoms with Crippen molar-refractivity contribution in [1.29, 1.82) is 0 Å². The number of rotatable bonds is 9. The molecule has 0 aromatic heterocycles. The second kappa shape index (κ2) is 12.7. The molecule has 1 aliphatic rings. The van der Waals surface area contributed by atoms with Crippen molar-refractivity contribution in [3.8, 4) is 0 Å². The molecule has 0 radical (unpaired) electrons. The Morgan fingerprint density at radius 2 is 1.68 bits per heavy atom. The quantitative estimate of drug-likeness (QED) is 0.169. The highest BCUT2D eigenvalue weighted by Crippen LogP contribution is 2.41. The van der Waals surface area contributed by atoms with Gasteiger partial charge in [-0.15, -0.1) is 0 Å². The van der Waals surface area contributed by atoms with Crippen molar-refractivity contribution in [3.05, 3.63) is 91.0 Å². The highest BCUT2D eigenvalue weighted by atomic mass is 127. The first-order valence-electron chi connectivity index (χ1n) is 12.0. The molecule has 1 aliphatic heterocycles. The summed E-state index contributed by atoms with van der Waals surface area (Å²) in [6, 6.07) is 16.2. The van der Waals surface area contributed by atoms with Gasteiger partial charge in [-0.2, -0.15) is 0 Å². The highest BCUT2D eigenvalue weighted by Gasteiger charge is 2.43. The molecular weight excluding hydrogens is 640 g/mol. The zero-order valence-electron chi connectivity index (χ0n) is 21.0. The van der Waals surface area contributed by atoms with Crippen LogP contribution in [0.3, 0.4) is 0 Å². The van der Waals surface area contributed by atoms with Gasteiger partial charge in [0.1, 0.15) is 6.04 Å². The average Bonchev–Trinajstić information content (AvgIpc) is 2.97. The predicted octanol–water partition coefficient (Wildman–Crippen LogP) is 6.13. The molecule has 0 saturated carbocycles. The Morgan fingerprint density at radius 3 is 2.37 bits per heavy atom. The number of amides is 2. The van der Waals surface area contributed by atoms with Crippen LogP contribution < -0.4 is 10.6 Å². The van der Waals surface area contributed by atoms with E-state index in [1.54, 1.807) is 65.4 Å². The van der Waals surface area contributed by atoms with Crippen molar-refractivity contribution in [3.63, 3.8) is 0 Å². The lowest BCUT2D eigenvalue weighted by Crippen LogP contribution is -2.44. The van der Waals surface area contributed by atoms with E-state index >= 15 is 0 Å². The third kappa shape index (κ3) is 6.10. The van der Waals surface area contributed by atoms with Crippen molar-refractivity contribution in [1.82, 2.24) is 4.90 Å². The van der Waals surface area contributed by atoms with Gasteiger partial charge in [0, 0.05) is 33.0 Å². The molecule has 0 bridgehead atoms. The summed E-state index contributed by atoms with van der Waals surface area (Å²) in [4.78, 5) is 32.0. The van der Waals surface area contributed by atoms with Gasteiger partial charge in [0.2, 0.25) is 0 Å². The van der Waals surface area contributed by atoms with Crippen molar-refractivity contribution >= 4 is 69.0 Å². The zero-order valence-corrected chi connectivity index (χ0v) is 24.7. The van der Waals surface area contributed by atoms with Crippen molar-refractivity contribution in [2.45, 2.75) is 19.0 Å². The third-order valence-corrected chi connectivity index (χ3v) is 7.64. The Balaban J connectivity index is 1.86. The van der Waals surface area contributed by atoms with Crippen LogP contribution in [0.2, 0.25) is 10.0 Å². The molecule has 0 saturated heterocycles. The lowest BCUT2D eigenvalue weighted by atomic mass is 9.97. The number of anilines is 2. The molecule has 7 nitrogen and oxygen atoms in total. The standard InChI is InChI=1S/C28H28Cl2IN3O4/c1-17(22-9-7-20(30)15-24(22)32)34-26(18-3-5-19(29)6-4-18)28(36)33(11-12-38-14-13-37-2)25-10-8-21(31)16-23(25)27(34)35/h3-10,15-17,26H,11-14,32H2,1-2H3/t17-,26+/m0/s1. The van der Waals surface area contributed by atoms with E-state index in [0.717, 1.165) is 3.57 Å². The summed E-state index contributed by atoms with van der Waals surface area (Å²) in [6.45, 7) is 3.25. The third-order valence-electron chi connectivity index (χ3n) is 6.49. The minimum Gasteiger partial charge on any atom is -0.398 e. The average molecular weight is 668 g/mol. The maximum absolute atomic E-state index is 14.4. The number of nitrogen functional groups attached to an aromatic ring is 1. The van der Waals surface area contributed by atoms with Crippen LogP contribution in [0.15, 0.2) is 60.7 Å². The number of carbonyl (C=O) groups excluding carboxylic acids is 2. The molecule has 4 rings (SSSR count). The first-order chi connectivity index (χ1) is 18.2. The summed E-state index contributed by atoms with van der Waals surface area (Å²) in [7, 11) is 1.60. The molecule has 38 heavy (non-hydrogen) atoms. The van der Waals surface area contributed by atoms with Gasteiger partial charge in [0.15, 0.2) is 0 Å². The molecule has 0 spiro atoms. The molecular formula is C28H28Cl2IN3O4. The molecule has 0 fully saturated rings. The van der Waals surface area contributed by atoms with E-state index in [-0.39, 0.29) is 25.0 Å². The van der Waals surface area contributed by atoms with Crippen LogP contribution in [0, 0.1) is 3.57 Å². The van der Waals surface area contributed by atoms with E-state index in [1.165, 1.54) is 0 Å². The zero-order chi connectivity index (χ0) is 27.4. The van der Waals surface area contributed by atoms with Gasteiger partial charge in [-0.25, -0.2) is 0 Å². The van der Waals surface area contributed by atoms with Gasteiger partial charge >= 0.3 is 0 Å². The second-order valence-electron chi connectivity index (χ2n) is 8.87. The van der Waals surface area contributed by atoms with E-state index in [4.69, 9.17) is 38.4 Å². The van der Waals surface area contributed by atoms with Gasteiger partial charge in [0.05, 0.1) is 37.1 Å². The molecule has 2 atom stereocenters. The first-order valence-corrected chi connectivity index (χ1v) is 13.9. The summed E-state index contributed by atoms with van der Waals surface area (Å²) in [5, 5.41) is 1.02. The smallest absolute Gasteiger partial charge is 0.257 e. The minimum atomic E-state index is -0.936. The van der Waals surface area contributed by atoms with Gasteiger partial charge in [-0.05, 0) is 83.1 Å². The Labute approximate surface area is 245 Å². The number of nitrogens with two attached hydrogens (primary N) is 1. The SMILES string of the molecule is COCCOCCN1C(=O)[C@@H](c2ccc(Cl)cc2)N([C@@H](C)c2ccc(Cl)cc2N)C(=O)c2cc(I)ccc21. The summed E-state index contributed by atoms with van der Waals surface area (Å²) in [5.74, 6) is -0.535. The number of halogens is 3. The first kappa shape index (κ1) is 28.6. The molecule has 1 heterocycles. The Hall–Kier alpha value is -2.37. The maximum Gasteiger partial charge on any atom is 0.257 e. The van der Waals surface area contributed by atoms with Crippen molar-refractivity contribution in [2.75, 3.05) is 44.1 Å². The molecule has 200 valence electrons. The molecule has 3 aromatic rings. The largest absolute Gasteiger partial charge is 0.398 e. The Morgan fingerprint density at radius 1 is 0.974 bits per heavy atom. The van der Waals surface area contributed by atoms with Crippen LogP contribution in [0.5, 0.6) is 0 Å². The van der Waals surface area contributed by atoms with Crippen LogP contribution in [-0.2, 0) is 14.3 Å². The molecule has 0 aliphatic carbocycles. The summed E-state index contributed by atoms with van der Waals surface area (Å²) in [5.41, 5.74) is 9.08. The second-order valence-corrected chi connectivity index (χ2v) is 11.0. The number of hydrogen-bond donors (Lipinski definition) is 1. The number of ether oxygens (including phenoxy) is 2. The van der Waals surface area contributed by atoms with Crippen molar-refractivity contribution < 1.29 is 19.1 Å². The number of nitrogens with zero attached hydrogens (tertiary/aromatic N) is 2. The molecule has 2 N–H and O–H groups in total. The molecule has 2 amide bonds. The Bertz CT molecular complexity index is 1320. The molecule has 10 heteroatoms. The van der Waals surface area contributed by atoms with Gasteiger partial charge < -0.3 is 25.0 Å². The number of methoxy groups -OCH3 is 1. The van der Waals surface area contributed by atoms with E-state index in [9.17, 15) is 9.59 Å².